The maximum atomic E-state index is 12.1. The third-order valence-electron chi connectivity index (χ3n) is 3.74. The molecule has 0 unspecified atom stereocenters. The van der Waals surface area contributed by atoms with Crippen molar-refractivity contribution in [1.29, 1.82) is 0 Å². The molecule has 0 atom stereocenters. The van der Waals surface area contributed by atoms with Gasteiger partial charge in [-0.15, -0.1) is 0 Å². The normalized spacial score (nSPS) is 10.1. The van der Waals surface area contributed by atoms with Crippen molar-refractivity contribution in [3.8, 4) is 11.5 Å². The van der Waals surface area contributed by atoms with E-state index in [0.717, 1.165) is 16.7 Å². The number of methoxy groups -OCH3 is 1. The van der Waals surface area contributed by atoms with Crippen LogP contribution in [0.4, 0.5) is 0 Å². The minimum Gasteiger partial charge on any atom is -0.496 e. The molecule has 0 aromatic heterocycles. The van der Waals surface area contributed by atoms with Gasteiger partial charge in [-0.3, -0.25) is 20.4 Å². The highest BCUT2D eigenvalue weighted by Crippen LogP contribution is 2.22. The number of nitrogens with one attached hydrogen (secondary N) is 2. The number of rotatable bonds is 5. The summed E-state index contributed by atoms with van der Waals surface area (Å²) in [6.07, 6.45) is 0. The SMILES string of the molecule is COc1cc(C(=O)NNC(=O)COc2c(C)cccc2C)ccc1C. The summed E-state index contributed by atoms with van der Waals surface area (Å²) in [4.78, 5) is 24.0. The van der Waals surface area contributed by atoms with Crippen LogP contribution in [0.3, 0.4) is 0 Å². The number of hydrogen-bond acceptors (Lipinski definition) is 4. The van der Waals surface area contributed by atoms with Gasteiger partial charge in [-0.1, -0.05) is 24.3 Å². The maximum absolute atomic E-state index is 12.1. The van der Waals surface area contributed by atoms with Gasteiger partial charge in [0.15, 0.2) is 6.61 Å². The van der Waals surface area contributed by atoms with Gasteiger partial charge in [-0.05, 0) is 49.6 Å². The molecule has 0 fully saturated rings. The summed E-state index contributed by atoms with van der Waals surface area (Å²) in [5, 5.41) is 0. The number of hydrazine groups is 1. The van der Waals surface area contributed by atoms with Gasteiger partial charge in [0.05, 0.1) is 7.11 Å². The third-order valence-corrected chi connectivity index (χ3v) is 3.74. The minimum atomic E-state index is -0.449. The number of amides is 2. The lowest BCUT2D eigenvalue weighted by Gasteiger charge is -2.12. The lowest BCUT2D eigenvalue weighted by Crippen LogP contribution is -2.43. The van der Waals surface area contributed by atoms with Crippen molar-refractivity contribution in [3.05, 3.63) is 58.7 Å². The van der Waals surface area contributed by atoms with E-state index < -0.39 is 11.8 Å². The molecule has 0 aliphatic heterocycles. The quantitative estimate of drug-likeness (QED) is 0.819. The predicted molar refractivity (Wildman–Crippen MR) is 94.8 cm³/mol. The van der Waals surface area contributed by atoms with Crippen molar-refractivity contribution in [2.45, 2.75) is 20.8 Å². The number of carbonyl (C=O) groups is 2. The van der Waals surface area contributed by atoms with Crippen LogP contribution in [0.1, 0.15) is 27.0 Å². The second kappa shape index (κ2) is 8.19. The van der Waals surface area contributed by atoms with Crippen LogP contribution in [-0.4, -0.2) is 25.5 Å². The van der Waals surface area contributed by atoms with Gasteiger partial charge < -0.3 is 9.47 Å². The van der Waals surface area contributed by atoms with E-state index in [0.29, 0.717) is 17.1 Å². The minimum absolute atomic E-state index is 0.191. The number of aryl methyl sites for hydroxylation is 3. The first kappa shape index (κ1) is 18.3. The molecule has 0 saturated carbocycles. The van der Waals surface area contributed by atoms with Crippen LogP contribution in [0.2, 0.25) is 0 Å². The highest BCUT2D eigenvalue weighted by atomic mass is 16.5. The zero-order valence-electron chi connectivity index (χ0n) is 14.8. The van der Waals surface area contributed by atoms with E-state index in [9.17, 15) is 9.59 Å². The fraction of sp³-hybridized carbons (Fsp3) is 0.263. The molecule has 0 spiro atoms. The molecule has 0 radical (unpaired) electrons. The topological polar surface area (TPSA) is 76.7 Å². The van der Waals surface area contributed by atoms with E-state index in [1.165, 1.54) is 7.11 Å². The number of carbonyl (C=O) groups excluding carboxylic acids is 2. The van der Waals surface area contributed by atoms with Gasteiger partial charge in [-0.25, -0.2) is 0 Å². The molecule has 2 aromatic carbocycles. The van der Waals surface area contributed by atoms with Gasteiger partial charge in [0.25, 0.3) is 11.8 Å². The molecule has 25 heavy (non-hydrogen) atoms. The Morgan fingerprint density at radius 1 is 0.960 bits per heavy atom. The smallest absolute Gasteiger partial charge is 0.276 e. The fourth-order valence-corrected chi connectivity index (χ4v) is 2.36. The summed E-state index contributed by atoms with van der Waals surface area (Å²) in [5.41, 5.74) is 7.90. The van der Waals surface area contributed by atoms with E-state index in [4.69, 9.17) is 9.47 Å². The Morgan fingerprint density at radius 3 is 2.28 bits per heavy atom. The first-order chi connectivity index (χ1) is 11.9. The first-order valence-electron chi connectivity index (χ1n) is 7.85. The summed E-state index contributed by atoms with van der Waals surface area (Å²) in [6.45, 7) is 5.51. The highest BCUT2D eigenvalue weighted by Gasteiger charge is 2.11. The molecule has 2 amide bonds. The first-order valence-corrected chi connectivity index (χ1v) is 7.85. The molecule has 0 aliphatic rings. The zero-order chi connectivity index (χ0) is 18.4. The third kappa shape index (κ3) is 4.73. The lowest BCUT2D eigenvalue weighted by atomic mass is 10.1. The second-order valence-corrected chi connectivity index (χ2v) is 5.70. The number of benzene rings is 2. The monoisotopic (exact) mass is 342 g/mol. The largest absolute Gasteiger partial charge is 0.496 e. The van der Waals surface area contributed by atoms with E-state index in [2.05, 4.69) is 10.9 Å². The van der Waals surface area contributed by atoms with Crippen LogP contribution in [0, 0.1) is 20.8 Å². The standard InChI is InChI=1S/C19H22N2O4/c1-12-8-9-15(10-16(12)24-4)19(23)21-20-17(22)11-25-18-13(2)6-5-7-14(18)3/h5-10H,11H2,1-4H3,(H,20,22)(H,21,23). The second-order valence-electron chi connectivity index (χ2n) is 5.70. The summed E-state index contributed by atoms with van der Waals surface area (Å²) in [5.74, 6) is 0.401. The molecule has 2 N–H and O–H groups in total. The van der Waals surface area contributed by atoms with Crippen molar-refractivity contribution < 1.29 is 19.1 Å². The number of ether oxygens (including phenoxy) is 2. The highest BCUT2D eigenvalue weighted by molar-refractivity contribution is 5.96. The van der Waals surface area contributed by atoms with Crippen molar-refractivity contribution in [1.82, 2.24) is 10.9 Å². The zero-order valence-corrected chi connectivity index (χ0v) is 14.8. The maximum Gasteiger partial charge on any atom is 0.276 e. The number of para-hydroxylation sites is 1. The van der Waals surface area contributed by atoms with Gasteiger partial charge in [0.2, 0.25) is 0 Å². The van der Waals surface area contributed by atoms with Crippen molar-refractivity contribution in [2.75, 3.05) is 13.7 Å². The molecular formula is C19H22N2O4. The summed E-state index contributed by atoms with van der Waals surface area (Å²) >= 11 is 0. The van der Waals surface area contributed by atoms with Gasteiger partial charge >= 0.3 is 0 Å². The summed E-state index contributed by atoms with van der Waals surface area (Å²) < 4.78 is 10.7. The molecule has 6 nitrogen and oxygen atoms in total. The van der Waals surface area contributed by atoms with Gasteiger partial charge in [-0.2, -0.15) is 0 Å². The molecule has 6 heteroatoms. The van der Waals surface area contributed by atoms with E-state index in [-0.39, 0.29) is 6.61 Å². The number of hydrogen-bond donors (Lipinski definition) is 2. The average molecular weight is 342 g/mol. The van der Waals surface area contributed by atoms with E-state index in [1.807, 2.05) is 39.0 Å². The van der Waals surface area contributed by atoms with E-state index in [1.54, 1.807) is 18.2 Å². The van der Waals surface area contributed by atoms with Crippen molar-refractivity contribution in [3.63, 3.8) is 0 Å². The lowest BCUT2D eigenvalue weighted by molar-refractivity contribution is -0.123. The van der Waals surface area contributed by atoms with Crippen LogP contribution in [0.25, 0.3) is 0 Å². The van der Waals surface area contributed by atoms with Gasteiger partial charge in [0, 0.05) is 5.56 Å². The van der Waals surface area contributed by atoms with Crippen LogP contribution in [-0.2, 0) is 4.79 Å². The molecular weight excluding hydrogens is 320 g/mol. The van der Waals surface area contributed by atoms with E-state index >= 15 is 0 Å². The van der Waals surface area contributed by atoms with Crippen LogP contribution in [0.15, 0.2) is 36.4 Å². The Bertz CT molecular complexity index is 767. The Hall–Kier alpha value is -3.02. The van der Waals surface area contributed by atoms with Crippen LogP contribution >= 0.6 is 0 Å². The fourth-order valence-electron chi connectivity index (χ4n) is 2.36. The molecule has 2 rings (SSSR count). The summed E-state index contributed by atoms with van der Waals surface area (Å²) in [6, 6.07) is 10.8. The molecule has 0 aliphatic carbocycles. The van der Waals surface area contributed by atoms with Crippen molar-refractivity contribution in [2.24, 2.45) is 0 Å². The summed E-state index contributed by atoms with van der Waals surface area (Å²) in [7, 11) is 1.54. The van der Waals surface area contributed by atoms with Crippen LogP contribution < -0.4 is 20.3 Å². The van der Waals surface area contributed by atoms with Crippen molar-refractivity contribution >= 4 is 11.8 Å². The Balaban J connectivity index is 1.88. The Morgan fingerprint density at radius 2 is 1.64 bits per heavy atom. The molecule has 0 heterocycles. The Labute approximate surface area is 147 Å². The Kier molecular flexibility index (Phi) is 6.00. The predicted octanol–water partition coefficient (Wildman–Crippen LogP) is 2.46. The molecule has 0 bridgehead atoms. The molecule has 132 valence electrons. The molecule has 0 saturated heterocycles. The van der Waals surface area contributed by atoms with Crippen LogP contribution in [0.5, 0.6) is 11.5 Å². The average Bonchev–Trinajstić information content (AvgIpc) is 2.59. The van der Waals surface area contributed by atoms with Gasteiger partial charge in [0.1, 0.15) is 11.5 Å². The molecule has 2 aromatic rings.